The van der Waals surface area contributed by atoms with Crippen molar-refractivity contribution in [1.82, 2.24) is 20.4 Å². The Hall–Kier alpha value is -1.95. The minimum Gasteiger partial charge on any atom is -0.357 e. The Labute approximate surface area is 148 Å². The van der Waals surface area contributed by atoms with Crippen molar-refractivity contribution < 1.29 is 0 Å². The Bertz CT molecular complexity index is 568. The van der Waals surface area contributed by atoms with Gasteiger partial charge in [0.2, 0.25) is 0 Å². The third-order valence-corrected chi connectivity index (χ3v) is 4.44. The van der Waals surface area contributed by atoms with Crippen LogP contribution < -0.4 is 10.6 Å². The number of hydrogen-bond donors (Lipinski definition) is 2. The largest absolute Gasteiger partial charge is 0.357 e. The molecular formula is C18H27N5S. The Kier molecular flexibility index (Phi) is 8.86. The first kappa shape index (κ1) is 18.4. The molecule has 0 amide bonds. The molecule has 130 valence electrons. The molecule has 2 rings (SSSR count). The van der Waals surface area contributed by atoms with Gasteiger partial charge in [0.25, 0.3) is 0 Å². The molecule has 0 bridgehead atoms. The highest BCUT2D eigenvalue weighted by Gasteiger charge is 1.98. The molecule has 0 aliphatic heterocycles. The van der Waals surface area contributed by atoms with E-state index >= 15 is 0 Å². The first-order valence-corrected chi connectivity index (χ1v) is 9.54. The normalized spacial score (nSPS) is 11.5. The number of rotatable bonds is 10. The lowest BCUT2D eigenvalue weighted by Crippen LogP contribution is -2.38. The fraction of sp³-hybridized carbons (Fsp3) is 0.444. The second-order valence-electron chi connectivity index (χ2n) is 5.33. The highest BCUT2D eigenvalue weighted by molar-refractivity contribution is 7.99. The summed E-state index contributed by atoms with van der Waals surface area (Å²) >= 11 is 1.89. The van der Waals surface area contributed by atoms with Crippen molar-refractivity contribution in [1.29, 1.82) is 0 Å². The molecule has 5 nitrogen and oxygen atoms in total. The summed E-state index contributed by atoms with van der Waals surface area (Å²) in [5.41, 5.74) is 0. The molecule has 0 saturated heterocycles. The minimum atomic E-state index is 0.842. The van der Waals surface area contributed by atoms with E-state index in [2.05, 4.69) is 58.0 Å². The van der Waals surface area contributed by atoms with Crippen molar-refractivity contribution in [3.63, 3.8) is 0 Å². The molecule has 1 aromatic carbocycles. The highest BCUT2D eigenvalue weighted by atomic mass is 32.2. The molecule has 0 saturated carbocycles. The predicted molar refractivity (Wildman–Crippen MR) is 103 cm³/mol. The van der Waals surface area contributed by atoms with Gasteiger partial charge in [-0.15, -0.1) is 11.8 Å². The molecule has 1 heterocycles. The van der Waals surface area contributed by atoms with Crippen LogP contribution in [-0.4, -0.2) is 41.1 Å². The zero-order valence-electron chi connectivity index (χ0n) is 14.3. The molecule has 0 radical (unpaired) electrons. The van der Waals surface area contributed by atoms with E-state index in [0.717, 1.165) is 50.7 Å². The molecule has 0 unspecified atom stereocenters. The number of thioether (sulfide) groups is 1. The summed E-state index contributed by atoms with van der Waals surface area (Å²) in [6.45, 7) is 5.63. The van der Waals surface area contributed by atoms with Gasteiger partial charge in [0, 0.05) is 43.5 Å². The van der Waals surface area contributed by atoms with Crippen LogP contribution >= 0.6 is 11.8 Å². The van der Waals surface area contributed by atoms with Crippen molar-refractivity contribution in [2.75, 3.05) is 25.4 Å². The summed E-state index contributed by atoms with van der Waals surface area (Å²) in [5, 5.41) is 10.9. The summed E-state index contributed by atoms with van der Waals surface area (Å²) in [4.78, 5) is 5.96. The number of hydrogen-bond acceptors (Lipinski definition) is 3. The predicted octanol–water partition coefficient (Wildman–Crippen LogP) is 3.01. The van der Waals surface area contributed by atoms with Gasteiger partial charge < -0.3 is 10.6 Å². The summed E-state index contributed by atoms with van der Waals surface area (Å²) in [7, 11) is 0. The van der Waals surface area contributed by atoms with Crippen molar-refractivity contribution in [2.45, 2.75) is 31.2 Å². The maximum absolute atomic E-state index is 4.64. The molecule has 0 aliphatic rings. The highest BCUT2D eigenvalue weighted by Crippen LogP contribution is 2.17. The lowest BCUT2D eigenvalue weighted by atomic mass is 10.4. The molecule has 24 heavy (non-hydrogen) atoms. The van der Waals surface area contributed by atoms with Gasteiger partial charge in [-0.2, -0.15) is 5.10 Å². The van der Waals surface area contributed by atoms with E-state index in [9.17, 15) is 0 Å². The van der Waals surface area contributed by atoms with E-state index in [-0.39, 0.29) is 0 Å². The van der Waals surface area contributed by atoms with Gasteiger partial charge in [0.05, 0.1) is 0 Å². The van der Waals surface area contributed by atoms with Crippen molar-refractivity contribution in [3.8, 4) is 0 Å². The van der Waals surface area contributed by atoms with Gasteiger partial charge in [0.15, 0.2) is 5.96 Å². The SMILES string of the molecule is CCNC(=NCCCSc1ccccc1)NCCCn1cccn1. The van der Waals surface area contributed by atoms with E-state index in [0.29, 0.717) is 0 Å². The second-order valence-corrected chi connectivity index (χ2v) is 6.49. The van der Waals surface area contributed by atoms with Crippen LogP contribution in [-0.2, 0) is 6.54 Å². The van der Waals surface area contributed by atoms with Crippen LogP contribution in [0.1, 0.15) is 19.8 Å². The molecule has 0 spiro atoms. The Balaban J connectivity index is 1.60. The molecule has 0 fully saturated rings. The third kappa shape index (κ3) is 7.55. The monoisotopic (exact) mass is 345 g/mol. The van der Waals surface area contributed by atoms with E-state index < -0.39 is 0 Å². The summed E-state index contributed by atoms with van der Waals surface area (Å²) in [6.07, 6.45) is 5.90. The Morgan fingerprint density at radius 2 is 2.04 bits per heavy atom. The van der Waals surface area contributed by atoms with E-state index in [1.807, 2.05) is 34.9 Å². The van der Waals surface area contributed by atoms with Crippen molar-refractivity contribution >= 4 is 17.7 Å². The molecular weight excluding hydrogens is 318 g/mol. The molecule has 0 aliphatic carbocycles. The third-order valence-electron chi connectivity index (χ3n) is 3.34. The average Bonchev–Trinajstić information content (AvgIpc) is 3.12. The zero-order chi connectivity index (χ0) is 16.9. The lowest BCUT2D eigenvalue weighted by Gasteiger charge is -2.11. The summed E-state index contributed by atoms with van der Waals surface area (Å²) in [5.74, 6) is 1.99. The first-order chi connectivity index (χ1) is 11.9. The molecule has 2 N–H and O–H groups in total. The van der Waals surface area contributed by atoms with Crippen LogP contribution in [0.3, 0.4) is 0 Å². The van der Waals surface area contributed by atoms with Gasteiger partial charge in [-0.1, -0.05) is 18.2 Å². The van der Waals surface area contributed by atoms with Crippen LogP contribution in [0.5, 0.6) is 0 Å². The summed E-state index contributed by atoms with van der Waals surface area (Å²) in [6, 6.07) is 12.5. The molecule has 6 heteroatoms. The van der Waals surface area contributed by atoms with E-state index in [4.69, 9.17) is 0 Å². The van der Waals surface area contributed by atoms with Gasteiger partial charge in [-0.25, -0.2) is 0 Å². The van der Waals surface area contributed by atoms with Crippen molar-refractivity contribution in [3.05, 3.63) is 48.8 Å². The Morgan fingerprint density at radius 1 is 1.17 bits per heavy atom. The van der Waals surface area contributed by atoms with Crippen LogP contribution in [0.2, 0.25) is 0 Å². The smallest absolute Gasteiger partial charge is 0.191 e. The van der Waals surface area contributed by atoms with E-state index in [1.54, 1.807) is 0 Å². The average molecular weight is 346 g/mol. The fourth-order valence-corrected chi connectivity index (χ4v) is 3.04. The zero-order valence-corrected chi connectivity index (χ0v) is 15.1. The first-order valence-electron chi connectivity index (χ1n) is 8.56. The van der Waals surface area contributed by atoms with Crippen LogP contribution in [0.4, 0.5) is 0 Å². The minimum absolute atomic E-state index is 0.842. The van der Waals surface area contributed by atoms with Gasteiger partial charge in [-0.05, 0) is 43.7 Å². The summed E-state index contributed by atoms with van der Waals surface area (Å²) < 4.78 is 1.95. The lowest BCUT2D eigenvalue weighted by molar-refractivity contribution is 0.570. The number of nitrogens with one attached hydrogen (secondary N) is 2. The second kappa shape index (κ2) is 11.6. The number of aryl methyl sites for hydroxylation is 1. The molecule has 1 aromatic heterocycles. The Morgan fingerprint density at radius 3 is 2.79 bits per heavy atom. The molecule has 2 aromatic rings. The number of benzene rings is 1. The van der Waals surface area contributed by atoms with Crippen LogP contribution in [0.15, 0.2) is 58.7 Å². The number of guanidine groups is 1. The van der Waals surface area contributed by atoms with Gasteiger partial charge in [-0.3, -0.25) is 9.67 Å². The standard InChI is InChI=1S/C18H27N5S/c1-2-19-18(20-11-6-14-23-15-7-13-22-23)21-12-8-16-24-17-9-4-3-5-10-17/h3-5,7,9-10,13,15H,2,6,8,11-12,14,16H2,1H3,(H2,19,20,21). The number of nitrogens with zero attached hydrogens (tertiary/aromatic N) is 3. The number of aliphatic imine (C=N–C) groups is 1. The molecule has 0 atom stereocenters. The van der Waals surface area contributed by atoms with Gasteiger partial charge in [0.1, 0.15) is 0 Å². The number of aromatic nitrogens is 2. The fourth-order valence-electron chi connectivity index (χ4n) is 2.18. The van der Waals surface area contributed by atoms with E-state index in [1.165, 1.54) is 4.90 Å². The maximum atomic E-state index is 4.64. The topological polar surface area (TPSA) is 54.2 Å². The quantitative estimate of drug-likeness (QED) is 0.301. The van der Waals surface area contributed by atoms with Crippen LogP contribution in [0.25, 0.3) is 0 Å². The van der Waals surface area contributed by atoms with Gasteiger partial charge >= 0.3 is 0 Å². The van der Waals surface area contributed by atoms with Crippen LogP contribution in [0, 0.1) is 0 Å². The van der Waals surface area contributed by atoms with Crippen molar-refractivity contribution in [2.24, 2.45) is 4.99 Å². The maximum Gasteiger partial charge on any atom is 0.191 e.